The number of carbonyl (C=O) groups excluding carboxylic acids is 1. The van der Waals surface area contributed by atoms with Crippen LogP contribution in [0.25, 0.3) is 0 Å². The van der Waals surface area contributed by atoms with Gasteiger partial charge < -0.3 is 9.80 Å². The molecule has 27 heavy (non-hydrogen) atoms. The van der Waals surface area contributed by atoms with Crippen molar-refractivity contribution in [3.63, 3.8) is 0 Å². The van der Waals surface area contributed by atoms with Gasteiger partial charge in [0.15, 0.2) is 0 Å². The fourth-order valence-electron chi connectivity index (χ4n) is 5.92. The SMILES string of the molecule is CC(C)C(=O)N1CCC(C[C@H]2CC[C@@H](N3CCC(C(C)C)CC3)CC2)CC1. The topological polar surface area (TPSA) is 23.6 Å². The van der Waals surface area contributed by atoms with Crippen molar-refractivity contribution in [1.82, 2.24) is 9.80 Å². The van der Waals surface area contributed by atoms with Crippen molar-refractivity contribution in [2.75, 3.05) is 26.2 Å². The molecule has 156 valence electrons. The molecule has 1 saturated carbocycles. The second-order valence-electron chi connectivity index (χ2n) is 10.5. The molecule has 2 aliphatic heterocycles. The Morgan fingerprint density at radius 1 is 0.778 bits per heavy atom. The highest BCUT2D eigenvalue weighted by molar-refractivity contribution is 5.78. The van der Waals surface area contributed by atoms with Crippen LogP contribution in [0.2, 0.25) is 0 Å². The molecule has 0 spiro atoms. The van der Waals surface area contributed by atoms with Gasteiger partial charge in [0.2, 0.25) is 5.91 Å². The van der Waals surface area contributed by atoms with Crippen LogP contribution in [0.3, 0.4) is 0 Å². The fraction of sp³-hybridized carbons (Fsp3) is 0.958. The Morgan fingerprint density at radius 3 is 1.85 bits per heavy atom. The average molecular weight is 377 g/mol. The monoisotopic (exact) mass is 376 g/mol. The van der Waals surface area contributed by atoms with Crippen molar-refractivity contribution in [2.45, 2.75) is 91.5 Å². The summed E-state index contributed by atoms with van der Waals surface area (Å²) >= 11 is 0. The van der Waals surface area contributed by atoms with Gasteiger partial charge in [-0.25, -0.2) is 0 Å². The molecule has 3 heteroatoms. The molecule has 0 bridgehead atoms. The van der Waals surface area contributed by atoms with Gasteiger partial charge in [0.25, 0.3) is 0 Å². The summed E-state index contributed by atoms with van der Waals surface area (Å²) in [5.41, 5.74) is 0. The lowest BCUT2D eigenvalue weighted by molar-refractivity contribution is -0.135. The second kappa shape index (κ2) is 9.76. The van der Waals surface area contributed by atoms with Crippen LogP contribution in [0.1, 0.15) is 85.5 Å². The molecule has 1 aliphatic carbocycles. The molecule has 3 aliphatic rings. The maximum atomic E-state index is 12.2. The first kappa shape index (κ1) is 21.1. The number of amides is 1. The van der Waals surface area contributed by atoms with Crippen LogP contribution in [-0.2, 0) is 4.79 Å². The van der Waals surface area contributed by atoms with E-state index < -0.39 is 0 Å². The molecule has 0 aromatic carbocycles. The highest BCUT2D eigenvalue weighted by Crippen LogP contribution is 2.36. The van der Waals surface area contributed by atoms with Crippen molar-refractivity contribution in [1.29, 1.82) is 0 Å². The first-order valence-electron chi connectivity index (χ1n) is 12.0. The van der Waals surface area contributed by atoms with Crippen LogP contribution in [0.4, 0.5) is 0 Å². The van der Waals surface area contributed by atoms with E-state index in [9.17, 15) is 4.79 Å². The maximum absolute atomic E-state index is 12.2. The summed E-state index contributed by atoms with van der Waals surface area (Å²) in [6, 6.07) is 0.875. The summed E-state index contributed by atoms with van der Waals surface area (Å²) in [6.07, 6.45) is 12.5. The quantitative estimate of drug-likeness (QED) is 0.658. The first-order chi connectivity index (χ1) is 12.9. The van der Waals surface area contributed by atoms with Gasteiger partial charge in [-0.1, -0.05) is 27.7 Å². The normalized spacial score (nSPS) is 29.6. The van der Waals surface area contributed by atoms with Crippen molar-refractivity contribution in [3.05, 3.63) is 0 Å². The summed E-state index contributed by atoms with van der Waals surface area (Å²) < 4.78 is 0. The number of carbonyl (C=O) groups is 1. The molecule has 3 fully saturated rings. The Hall–Kier alpha value is -0.570. The van der Waals surface area contributed by atoms with Gasteiger partial charge in [-0.2, -0.15) is 0 Å². The first-order valence-corrected chi connectivity index (χ1v) is 12.0. The maximum Gasteiger partial charge on any atom is 0.225 e. The minimum atomic E-state index is 0.155. The lowest BCUT2D eigenvalue weighted by Crippen LogP contribution is -2.44. The molecule has 0 N–H and O–H groups in total. The van der Waals surface area contributed by atoms with E-state index in [0.29, 0.717) is 5.91 Å². The molecular formula is C24H44N2O. The molecule has 0 radical (unpaired) electrons. The van der Waals surface area contributed by atoms with E-state index in [2.05, 4.69) is 23.6 Å². The lowest BCUT2D eigenvalue weighted by Gasteiger charge is -2.42. The Morgan fingerprint density at radius 2 is 1.33 bits per heavy atom. The Balaban J connectivity index is 1.34. The molecule has 3 nitrogen and oxygen atoms in total. The predicted molar refractivity (Wildman–Crippen MR) is 114 cm³/mol. The summed E-state index contributed by atoms with van der Waals surface area (Å²) in [5, 5.41) is 0. The lowest BCUT2D eigenvalue weighted by atomic mass is 9.77. The molecular weight excluding hydrogens is 332 g/mol. The van der Waals surface area contributed by atoms with E-state index in [4.69, 9.17) is 0 Å². The van der Waals surface area contributed by atoms with Crippen LogP contribution in [0.5, 0.6) is 0 Å². The van der Waals surface area contributed by atoms with Gasteiger partial charge in [-0.3, -0.25) is 4.79 Å². The molecule has 3 rings (SSSR count). The molecule has 0 atom stereocenters. The van der Waals surface area contributed by atoms with Gasteiger partial charge >= 0.3 is 0 Å². The van der Waals surface area contributed by atoms with Gasteiger partial charge in [0.1, 0.15) is 0 Å². The third kappa shape index (κ3) is 5.71. The van der Waals surface area contributed by atoms with E-state index in [1.54, 1.807) is 0 Å². The molecule has 2 heterocycles. The minimum Gasteiger partial charge on any atom is -0.342 e. The largest absolute Gasteiger partial charge is 0.342 e. The predicted octanol–water partition coefficient (Wildman–Crippen LogP) is 5.20. The van der Waals surface area contributed by atoms with Crippen LogP contribution in [-0.4, -0.2) is 47.9 Å². The molecule has 2 saturated heterocycles. The second-order valence-corrected chi connectivity index (χ2v) is 10.5. The number of nitrogens with zero attached hydrogens (tertiary/aromatic N) is 2. The van der Waals surface area contributed by atoms with Crippen LogP contribution >= 0.6 is 0 Å². The summed E-state index contributed by atoms with van der Waals surface area (Å²) in [4.78, 5) is 17.1. The zero-order valence-corrected chi connectivity index (χ0v) is 18.5. The summed E-state index contributed by atoms with van der Waals surface area (Å²) in [5.74, 6) is 4.16. The number of piperidine rings is 2. The van der Waals surface area contributed by atoms with Crippen LogP contribution < -0.4 is 0 Å². The number of likely N-dealkylation sites (tertiary alicyclic amines) is 2. The van der Waals surface area contributed by atoms with Gasteiger partial charge in [-0.05, 0) is 94.5 Å². The van der Waals surface area contributed by atoms with E-state index in [1.165, 1.54) is 70.9 Å². The van der Waals surface area contributed by atoms with E-state index >= 15 is 0 Å². The molecule has 0 aromatic rings. The number of hydrogen-bond acceptors (Lipinski definition) is 2. The van der Waals surface area contributed by atoms with Gasteiger partial charge in [0.05, 0.1) is 0 Å². The zero-order valence-electron chi connectivity index (χ0n) is 18.5. The van der Waals surface area contributed by atoms with Crippen molar-refractivity contribution in [2.24, 2.45) is 29.6 Å². The van der Waals surface area contributed by atoms with E-state index in [1.807, 2.05) is 13.8 Å². The highest BCUT2D eigenvalue weighted by atomic mass is 16.2. The van der Waals surface area contributed by atoms with Crippen molar-refractivity contribution in [3.8, 4) is 0 Å². The third-order valence-corrected chi connectivity index (χ3v) is 7.94. The smallest absolute Gasteiger partial charge is 0.225 e. The van der Waals surface area contributed by atoms with Gasteiger partial charge in [-0.15, -0.1) is 0 Å². The summed E-state index contributed by atoms with van der Waals surface area (Å²) in [7, 11) is 0. The minimum absolute atomic E-state index is 0.155. The summed E-state index contributed by atoms with van der Waals surface area (Å²) in [6.45, 7) is 13.5. The number of hydrogen-bond donors (Lipinski definition) is 0. The third-order valence-electron chi connectivity index (χ3n) is 7.94. The van der Waals surface area contributed by atoms with Crippen LogP contribution in [0, 0.1) is 29.6 Å². The van der Waals surface area contributed by atoms with E-state index in [-0.39, 0.29) is 5.92 Å². The standard InChI is InChI=1S/C24H44N2O/c1-18(2)22-11-15-25(16-12-22)23-7-5-20(6-8-23)17-21-9-13-26(14-10-21)24(27)19(3)4/h18-23H,5-17H2,1-4H3/t20-,23+. The van der Waals surface area contributed by atoms with E-state index in [0.717, 1.165) is 42.8 Å². The number of rotatable bonds is 5. The Labute approximate surface area is 168 Å². The Bertz CT molecular complexity index is 451. The fourth-order valence-corrected chi connectivity index (χ4v) is 5.92. The molecule has 0 unspecified atom stereocenters. The van der Waals surface area contributed by atoms with Crippen LogP contribution in [0.15, 0.2) is 0 Å². The van der Waals surface area contributed by atoms with Gasteiger partial charge in [0, 0.05) is 25.0 Å². The van der Waals surface area contributed by atoms with Crippen molar-refractivity contribution < 1.29 is 4.79 Å². The van der Waals surface area contributed by atoms with Crippen molar-refractivity contribution >= 4 is 5.91 Å². The zero-order chi connectivity index (χ0) is 19.4. The average Bonchev–Trinajstić information content (AvgIpc) is 2.68. The molecule has 0 aromatic heterocycles. The molecule has 1 amide bonds. The Kier molecular flexibility index (Phi) is 7.65. The highest BCUT2D eigenvalue weighted by Gasteiger charge is 2.31.